The van der Waals surface area contributed by atoms with E-state index in [1.165, 1.54) is 0 Å². The minimum atomic E-state index is -4.27. The van der Waals surface area contributed by atoms with Gasteiger partial charge in [-0.15, -0.1) is 0 Å². The fourth-order valence-corrected chi connectivity index (χ4v) is 2.21. The number of nitrogens with two attached hydrogens (primary N) is 1. The third-order valence-electron chi connectivity index (χ3n) is 3.60. The van der Waals surface area contributed by atoms with Gasteiger partial charge in [0.25, 0.3) is 0 Å². The number of nitrogens with zero attached hydrogens (tertiary/aromatic N) is 2. The highest BCUT2D eigenvalue weighted by atomic mass is 19.4. The average Bonchev–Trinajstić information content (AvgIpc) is 2.32. The molecule has 0 atom stereocenters. The van der Waals surface area contributed by atoms with Crippen LogP contribution in [-0.4, -0.2) is 31.0 Å². The predicted octanol–water partition coefficient (Wildman–Crippen LogP) is 2.83. The lowest BCUT2D eigenvalue weighted by molar-refractivity contribution is -0.137. The van der Waals surface area contributed by atoms with E-state index < -0.39 is 11.7 Å². The normalized spacial score (nSPS) is 23.4. The Balaban J connectivity index is 1.95. The molecule has 0 radical (unpaired) electrons. The second kappa shape index (κ2) is 5.34. The molecule has 1 saturated carbocycles. The van der Waals surface area contributed by atoms with Gasteiger partial charge in [-0.2, -0.15) is 13.2 Å². The molecule has 0 aromatic heterocycles. The Morgan fingerprint density at radius 2 is 1.75 bits per heavy atom. The molecule has 0 aliphatic heterocycles. The van der Waals surface area contributed by atoms with E-state index in [2.05, 4.69) is 4.99 Å². The van der Waals surface area contributed by atoms with Crippen LogP contribution in [0, 0.1) is 0 Å². The second-order valence-electron chi connectivity index (χ2n) is 5.32. The molecule has 0 unspecified atom stereocenters. The molecule has 0 heterocycles. The molecular formula is C14H18F3N3. The lowest BCUT2D eigenvalue weighted by Crippen LogP contribution is -2.35. The van der Waals surface area contributed by atoms with Crippen LogP contribution in [0.3, 0.4) is 0 Å². The third kappa shape index (κ3) is 3.23. The van der Waals surface area contributed by atoms with Crippen molar-refractivity contribution < 1.29 is 13.2 Å². The predicted molar refractivity (Wildman–Crippen MR) is 72.5 cm³/mol. The van der Waals surface area contributed by atoms with E-state index in [1.54, 1.807) is 17.0 Å². The largest absolute Gasteiger partial charge is 0.416 e. The van der Waals surface area contributed by atoms with Gasteiger partial charge in [0, 0.05) is 14.1 Å². The van der Waals surface area contributed by atoms with Crippen LogP contribution in [0.4, 0.5) is 13.2 Å². The summed E-state index contributed by atoms with van der Waals surface area (Å²) in [6.45, 7) is 0. The molecule has 1 fully saturated rings. The van der Waals surface area contributed by atoms with Crippen LogP contribution < -0.4 is 5.73 Å². The smallest absolute Gasteiger partial charge is 0.370 e. The Morgan fingerprint density at radius 3 is 2.20 bits per heavy atom. The van der Waals surface area contributed by atoms with Crippen molar-refractivity contribution in [3.8, 4) is 0 Å². The van der Waals surface area contributed by atoms with Crippen molar-refractivity contribution in [2.45, 2.75) is 31.0 Å². The third-order valence-corrected chi connectivity index (χ3v) is 3.60. The van der Waals surface area contributed by atoms with Crippen molar-refractivity contribution >= 4 is 5.96 Å². The fraction of sp³-hybridized carbons (Fsp3) is 0.500. The number of hydrogen-bond donors (Lipinski definition) is 1. The number of hydrogen-bond acceptors (Lipinski definition) is 1. The van der Waals surface area contributed by atoms with E-state index in [9.17, 15) is 13.2 Å². The second-order valence-corrected chi connectivity index (χ2v) is 5.32. The van der Waals surface area contributed by atoms with Gasteiger partial charge in [0.15, 0.2) is 5.96 Å². The van der Waals surface area contributed by atoms with E-state index in [4.69, 9.17) is 5.73 Å². The number of aliphatic imine (C=N–C) groups is 1. The molecule has 1 aromatic rings. The molecule has 2 rings (SSSR count). The van der Waals surface area contributed by atoms with Crippen LogP contribution in [0.2, 0.25) is 0 Å². The van der Waals surface area contributed by atoms with Crippen LogP contribution in [-0.2, 0) is 6.18 Å². The Hall–Kier alpha value is -1.72. The van der Waals surface area contributed by atoms with E-state index >= 15 is 0 Å². The van der Waals surface area contributed by atoms with Gasteiger partial charge in [0.1, 0.15) is 0 Å². The lowest BCUT2D eigenvalue weighted by Gasteiger charge is -2.33. The highest BCUT2D eigenvalue weighted by Crippen LogP contribution is 2.39. The molecule has 0 amide bonds. The summed E-state index contributed by atoms with van der Waals surface area (Å²) in [5, 5.41) is 0. The summed E-state index contributed by atoms with van der Waals surface area (Å²) < 4.78 is 37.4. The number of halogens is 3. The van der Waals surface area contributed by atoms with E-state index in [-0.39, 0.29) is 12.0 Å². The Kier molecular flexibility index (Phi) is 3.92. The zero-order valence-corrected chi connectivity index (χ0v) is 11.5. The molecule has 2 N–H and O–H groups in total. The van der Waals surface area contributed by atoms with Crippen molar-refractivity contribution in [3.63, 3.8) is 0 Å². The molecule has 1 aliphatic carbocycles. The minimum Gasteiger partial charge on any atom is -0.370 e. The number of alkyl halides is 3. The molecule has 1 aromatic carbocycles. The van der Waals surface area contributed by atoms with Crippen molar-refractivity contribution in [1.29, 1.82) is 0 Å². The Labute approximate surface area is 116 Å². The minimum absolute atomic E-state index is 0.171. The highest BCUT2D eigenvalue weighted by Gasteiger charge is 2.33. The maximum absolute atomic E-state index is 12.5. The van der Waals surface area contributed by atoms with E-state index in [0.29, 0.717) is 5.96 Å². The first-order chi connectivity index (χ1) is 9.27. The summed E-state index contributed by atoms with van der Waals surface area (Å²) in [5.74, 6) is 0.766. The van der Waals surface area contributed by atoms with Crippen LogP contribution in [0.15, 0.2) is 29.3 Å². The summed E-state index contributed by atoms with van der Waals surface area (Å²) in [6, 6.07) is 5.57. The quantitative estimate of drug-likeness (QED) is 0.670. The van der Waals surface area contributed by atoms with Gasteiger partial charge < -0.3 is 10.6 Å². The Bertz CT molecular complexity index is 485. The molecule has 1 aliphatic rings. The zero-order valence-electron chi connectivity index (χ0n) is 11.5. The van der Waals surface area contributed by atoms with Crippen LogP contribution >= 0.6 is 0 Å². The average molecular weight is 285 g/mol. The van der Waals surface area contributed by atoms with Crippen LogP contribution in [0.5, 0.6) is 0 Å². The van der Waals surface area contributed by atoms with Crippen molar-refractivity contribution in [2.24, 2.45) is 10.7 Å². The number of rotatable bonds is 2. The summed E-state index contributed by atoms with van der Waals surface area (Å²) >= 11 is 0. The molecule has 0 saturated heterocycles. The summed E-state index contributed by atoms with van der Waals surface area (Å²) in [5.41, 5.74) is 6.06. The SMILES string of the molecule is CN(C)C(N)=NC1CC(c2ccc(C(F)(F)F)cc2)C1. The highest BCUT2D eigenvalue weighted by molar-refractivity contribution is 5.77. The summed E-state index contributed by atoms with van der Waals surface area (Å²) in [7, 11) is 3.65. The van der Waals surface area contributed by atoms with Gasteiger partial charge in [-0.25, -0.2) is 4.99 Å². The van der Waals surface area contributed by atoms with Crippen molar-refractivity contribution in [3.05, 3.63) is 35.4 Å². The molecule has 0 spiro atoms. The molecule has 20 heavy (non-hydrogen) atoms. The van der Waals surface area contributed by atoms with Crippen LogP contribution in [0.1, 0.15) is 29.9 Å². The first kappa shape index (κ1) is 14.7. The van der Waals surface area contributed by atoms with Gasteiger partial charge in [-0.05, 0) is 36.5 Å². The lowest BCUT2D eigenvalue weighted by atomic mass is 9.76. The molecule has 0 bridgehead atoms. The van der Waals surface area contributed by atoms with Gasteiger partial charge >= 0.3 is 6.18 Å². The number of benzene rings is 1. The van der Waals surface area contributed by atoms with Gasteiger partial charge in [-0.1, -0.05) is 12.1 Å². The van der Waals surface area contributed by atoms with Crippen LogP contribution in [0.25, 0.3) is 0 Å². The van der Waals surface area contributed by atoms with Gasteiger partial charge in [0.05, 0.1) is 11.6 Å². The maximum Gasteiger partial charge on any atom is 0.416 e. The van der Waals surface area contributed by atoms with Crippen molar-refractivity contribution in [1.82, 2.24) is 4.90 Å². The summed E-state index contributed by atoms with van der Waals surface area (Å²) in [6.07, 6.45) is -2.61. The standard InChI is InChI=1S/C14H18F3N3/c1-20(2)13(18)19-12-7-10(8-12)9-3-5-11(6-4-9)14(15,16)17/h3-6,10,12H,7-8H2,1-2H3,(H2,18,19). The summed E-state index contributed by atoms with van der Waals surface area (Å²) in [4.78, 5) is 6.10. The van der Waals surface area contributed by atoms with Crippen molar-refractivity contribution in [2.75, 3.05) is 14.1 Å². The number of guanidine groups is 1. The fourth-order valence-electron chi connectivity index (χ4n) is 2.21. The van der Waals surface area contributed by atoms with Gasteiger partial charge in [0.2, 0.25) is 0 Å². The first-order valence-corrected chi connectivity index (χ1v) is 6.45. The molecular weight excluding hydrogens is 267 g/mol. The maximum atomic E-state index is 12.5. The van der Waals surface area contributed by atoms with E-state index in [0.717, 1.165) is 30.5 Å². The Morgan fingerprint density at radius 1 is 1.20 bits per heavy atom. The molecule has 6 heteroatoms. The topological polar surface area (TPSA) is 41.6 Å². The monoisotopic (exact) mass is 285 g/mol. The molecule has 110 valence electrons. The zero-order chi connectivity index (χ0) is 14.9. The van der Waals surface area contributed by atoms with Gasteiger partial charge in [-0.3, -0.25) is 0 Å². The first-order valence-electron chi connectivity index (χ1n) is 6.45. The van der Waals surface area contributed by atoms with E-state index in [1.807, 2.05) is 14.1 Å². The molecule has 3 nitrogen and oxygen atoms in total.